The molecule has 1 aromatic carbocycles. The molecule has 0 amide bonds. The fraction of sp³-hybridized carbons (Fsp3) is 0.364. The molecule has 0 unspecified atom stereocenters. The molecule has 0 aliphatic rings. The lowest BCUT2D eigenvalue weighted by Crippen LogP contribution is -2.25. The Morgan fingerprint density at radius 3 is 2.73 bits per heavy atom. The largest absolute Gasteiger partial charge is 0.480 e. The average Bonchev–Trinajstić information content (AvgIpc) is 2.10. The molecule has 0 aromatic heterocycles. The van der Waals surface area contributed by atoms with Crippen LogP contribution in [0.2, 0.25) is 0 Å². The molecule has 0 aliphatic heterocycles. The van der Waals surface area contributed by atoms with Crippen molar-refractivity contribution in [3.8, 4) is 0 Å². The number of benzene rings is 1. The molecule has 0 radical (unpaired) electrons. The van der Waals surface area contributed by atoms with Gasteiger partial charge in [0.2, 0.25) is 0 Å². The van der Waals surface area contributed by atoms with Gasteiger partial charge in [0.05, 0.1) is 6.54 Å². The smallest absolute Gasteiger partial charge is 0.317 e. The number of likely N-dealkylation sites (N-methyl/N-ethyl adjacent to an activating group) is 1. The molecular weight excluding hydrogens is 197 g/mol. The monoisotopic (exact) mass is 211 g/mol. The SMILES string of the molecule is Cc1cc(CN(C)CC(=O)O)ccc1F. The molecule has 0 aliphatic carbocycles. The number of hydrogen-bond acceptors (Lipinski definition) is 2. The standard InChI is InChI=1S/C11H14FNO2/c1-8-5-9(3-4-10(8)12)6-13(2)7-11(14)15/h3-5H,6-7H2,1-2H3,(H,14,15). The van der Waals surface area contributed by atoms with Crippen molar-refractivity contribution in [2.24, 2.45) is 0 Å². The normalized spacial score (nSPS) is 10.7. The molecule has 0 spiro atoms. The summed E-state index contributed by atoms with van der Waals surface area (Å²) >= 11 is 0. The van der Waals surface area contributed by atoms with Gasteiger partial charge >= 0.3 is 5.97 Å². The maximum Gasteiger partial charge on any atom is 0.317 e. The Morgan fingerprint density at radius 2 is 2.20 bits per heavy atom. The topological polar surface area (TPSA) is 40.5 Å². The van der Waals surface area contributed by atoms with Gasteiger partial charge in [-0.15, -0.1) is 0 Å². The van der Waals surface area contributed by atoms with Gasteiger partial charge in [0, 0.05) is 6.54 Å². The third-order valence-electron chi connectivity index (χ3n) is 2.08. The predicted octanol–water partition coefficient (Wildman–Crippen LogP) is 1.65. The maximum absolute atomic E-state index is 12.9. The lowest BCUT2D eigenvalue weighted by molar-refractivity contribution is -0.138. The summed E-state index contributed by atoms with van der Waals surface area (Å²) in [7, 11) is 1.72. The molecule has 82 valence electrons. The zero-order valence-corrected chi connectivity index (χ0v) is 8.83. The van der Waals surface area contributed by atoms with Crippen LogP contribution in [-0.2, 0) is 11.3 Å². The lowest BCUT2D eigenvalue weighted by atomic mass is 10.1. The third-order valence-corrected chi connectivity index (χ3v) is 2.08. The quantitative estimate of drug-likeness (QED) is 0.823. The predicted molar refractivity (Wildman–Crippen MR) is 55.1 cm³/mol. The van der Waals surface area contributed by atoms with Crippen molar-refractivity contribution in [1.29, 1.82) is 0 Å². The van der Waals surface area contributed by atoms with E-state index in [1.807, 2.05) is 0 Å². The van der Waals surface area contributed by atoms with Crippen LogP contribution in [0.5, 0.6) is 0 Å². The summed E-state index contributed by atoms with van der Waals surface area (Å²) in [6.45, 7) is 2.18. The Balaban J connectivity index is 2.64. The molecule has 1 rings (SSSR count). The number of nitrogens with zero attached hydrogens (tertiary/aromatic N) is 1. The highest BCUT2D eigenvalue weighted by atomic mass is 19.1. The van der Waals surface area contributed by atoms with E-state index in [4.69, 9.17) is 5.11 Å². The first-order valence-electron chi connectivity index (χ1n) is 4.64. The number of halogens is 1. The van der Waals surface area contributed by atoms with Crippen LogP contribution in [0, 0.1) is 12.7 Å². The molecule has 4 heteroatoms. The van der Waals surface area contributed by atoms with Gasteiger partial charge in [-0.1, -0.05) is 12.1 Å². The highest BCUT2D eigenvalue weighted by Gasteiger charge is 2.06. The van der Waals surface area contributed by atoms with Crippen LogP contribution in [0.25, 0.3) is 0 Å². The van der Waals surface area contributed by atoms with Crippen molar-refractivity contribution in [3.63, 3.8) is 0 Å². The molecule has 0 heterocycles. The second kappa shape index (κ2) is 4.89. The summed E-state index contributed by atoms with van der Waals surface area (Å²) in [6.07, 6.45) is 0. The van der Waals surface area contributed by atoms with E-state index in [0.717, 1.165) is 5.56 Å². The minimum absolute atomic E-state index is 0.0174. The number of aliphatic carboxylic acids is 1. The van der Waals surface area contributed by atoms with Crippen molar-refractivity contribution in [1.82, 2.24) is 4.90 Å². The zero-order valence-electron chi connectivity index (χ0n) is 8.83. The molecule has 15 heavy (non-hydrogen) atoms. The van der Waals surface area contributed by atoms with Crippen LogP contribution in [0.4, 0.5) is 4.39 Å². The van der Waals surface area contributed by atoms with Gasteiger partial charge in [-0.25, -0.2) is 4.39 Å². The van der Waals surface area contributed by atoms with E-state index in [0.29, 0.717) is 12.1 Å². The lowest BCUT2D eigenvalue weighted by Gasteiger charge is -2.14. The molecule has 0 saturated heterocycles. The Labute approximate surface area is 88.1 Å². The fourth-order valence-corrected chi connectivity index (χ4v) is 1.40. The minimum atomic E-state index is -0.865. The first-order valence-corrected chi connectivity index (χ1v) is 4.64. The van der Waals surface area contributed by atoms with E-state index < -0.39 is 5.97 Å². The molecule has 1 aromatic rings. The van der Waals surface area contributed by atoms with Crippen LogP contribution >= 0.6 is 0 Å². The van der Waals surface area contributed by atoms with Crippen LogP contribution in [-0.4, -0.2) is 29.6 Å². The Kier molecular flexibility index (Phi) is 3.80. The molecule has 3 nitrogen and oxygen atoms in total. The highest BCUT2D eigenvalue weighted by Crippen LogP contribution is 2.10. The first-order chi connectivity index (χ1) is 6.99. The second-order valence-electron chi connectivity index (χ2n) is 3.65. The number of rotatable bonds is 4. The van der Waals surface area contributed by atoms with Gasteiger partial charge in [-0.05, 0) is 31.2 Å². The molecule has 0 atom stereocenters. The first kappa shape index (κ1) is 11.7. The summed E-state index contributed by atoms with van der Waals surface area (Å²) in [5.74, 6) is -1.10. The van der Waals surface area contributed by atoms with Gasteiger partial charge in [0.15, 0.2) is 0 Å². The van der Waals surface area contributed by atoms with E-state index >= 15 is 0 Å². The molecule has 0 fully saturated rings. The van der Waals surface area contributed by atoms with Crippen LogP contribution < -0.4 is 0 Å². The van der Waals surface area contributed by atoms with E-state index in [-0.39, 0.29) is 12.4 Å². The minimum Gasteiger partial charge on any atom is -0.480 e. The Hall–Kier alpha value is -1.42. The number of aryl methyl sites for hydroxylation is 1. The summed E-state index contributed by atoms with van der Waals surface area (Å²) in [5.41, 5.74) is 1.49. The van der Waals surface area contributed by atoms with Crippen LogP contribution in [0.15, 0.2) is 18.2 Å². The zero-order chi connectivity index (χ0) is 11.4. The van der Waals surface area contributed by atoms with Gasteiger partial charge in [0.25, 0.3) is 0 Å². The van der Waals surface area contributed by atoms with E-state index in [2.05, 4.69) is 0 Å². The van der Waals surface area contributed by atoms with E-state index in [1.54, 1.807) is 31.0 Å². The molecule has 0 bridgehead atoms. The van der Waals surface area contributed by atoms with E-state index in [9.17, 15) is 9.18 Å². The number of carboxylic acids is 1. The van der Waals surface area contributed by atoms with E-state index in [1.165, 1.54) is 6.07 Å². The van der Waals surface area contributed by atoms with Gasteiger partial charge in [-0.2, -0.15) is 0 Å². The third kappa shape index (κ3) is 3.67. The van der Waals surface area contributed by atoms with Crippen molar-refractivity contribution >= 4 is 5.97 Å². The number of hydrogen-bond donors (Lipinski definition) is 1. The summed E-state index contributed by atoms with van der Waals surface area (Å²) < 4.78 is 12.9. The van der Waals surface area contributed by atoms with Gasteiger partial charge in [-0.3, -0.25) is 9.69 Å². The Bertz CT molecular complexity index is 366. The fourth-order valence-electron chi connectivity index (χ4n) is 1.40. The van der Waals surface area contributed by atoms with Gasteiger partial charge in [0.1, 0.15) is 5.82 Å². The second-order valence-corrected chi connectivity index (χ2v) is 3.65. The Morgan fingerprint density at radius 1 is 1.53 bits per heavy atom. The summed E-state index contributed by atoms with van der Waals surface area (Å²) in [5, 5.41) is 8.56. The van der Waals surface area contributed by atoms with Gasteiger partial charge < -0.3 is 5.11 Å². The molecular formula is C11H14FNO2. The summed E-state index contributed by atoms with van der Waals surface area (Å²) in [6, 6.07) is 4.80. The van der Waals surface area contributed by atoms with Crippen molar-refractivity contribution in [3.05, 3.63) is 35.1 Å². The van der Waals surface area contributed by atoms with Crippen molar-refractivity contribution < 1.29 is 14.3 Å². The number of carboxylic acid groups (broad SMARTS) is 1. The number of carbonyl (C=O) groups is 1. The van der Waals surface area contributed by atoms with Crippen LogP contribution in [0.1, 0.15) is 11.1 Å². The van der Waals surface area contributed by atoms with Crippen molar-refractivity contribution in [2.45, 2.75) is 13.5 Å². The molecule has 0 saturated carbocycles. The molecule has 1 N–H and O–H groups in total. The maximum atomic E-state index is 12.9. The highest BCUT2D eigenvalue weighted by molar-refractivity contribution is 5.69. The summed E-state index contributed by atoms with van der Waals surface area (Å²) in [4.78, 5) is 12.1. The van der Waals surface area contributed by atoms with Crippen molar-refractivity contribution in [2.75, 3.05) is 13.6 Å². The van der Waals surface area contributed by atoms with Crippen LogP contribution in [0.3, 0.4) is 0 Å². The average molecular weight is 211 g/mol.